The summed E-state index contributed by atoms with van der Waals surface area (Å²) in [5, 5.41) is 16.1. The van der Waals surface area contributed by atoms with Crippen molar-refractivity contribution in [1.82, 2.24) is 0 Å². The fourth-order valence-electron chi connectivity index (χ4n) is 4.51. The average molecular weight is 436 g/mol. The smallest absolute Gasteiger partial charge is 0.427 e. The first-order valence-corrected chi connectivity index (χ1v) is 12.0. The molecule has 2 aliphatic carbocycles. The number of carbonyl (C=O) groups excluding carboxylic acids is 1. The number of hydrogen-bond acceptors (Lipinski definition) is 4. The van der Waals surface area contributed by atoms with Gasteiger partial charge in [0.05, 0.1) is 0 Å². The molecule has 180 valence electrons. The third-order valence-corrected chi connectivity index (χ3v) is 6.90. The summed E-state index contributed by atoms with van der Waals surface area (Å²) in [5.74, 6) is 2.08. The fraction of sp³-hybridized carbons (Fsp3) is 0.808. The molecule has 2 aliphatic rings. The molecule has 0 aromatic heterocycles. The molecule has 0 aliphatic heterocycles. The van der Waals surface area contributed by atoms with Gasteiger partial charge in [-0.1, -0.05) is 53.7 Å². The first-order chi connectivity index (χ1) is 14.1. The zero-order chi connectivity index (χ0) is 24.3. The second-order valence-corrected chi connectivity index (χ2v) is 11.7. The van der Waals surface area contributed by atoms with Gasteiger partial charge < -0.3 is 15.8 Å². The van der Waals surface area contributed by atoms with Crippen LogP contribution < -0.4 is 5.73 Å². The van der Waals surface area contributed by atoms with Crippen LogP contribution in [0.15, 0.2) is 25.3 Å². The Bertz CT molecular complexity index is 528. The van der Waals surface area contributed by atoms with Gasteiger partial charge in [-0.25, -0.2) is 0 Å². The molecule has 0 bridgehead atoms. The van der Waals surface area contributed by atoms with Crippen molar-refractivity contribution in [3.63, 3.8) is 0 Å². The SMILES string of the molecule is C=CCB(O)O.C=CCC1(N)CCC(C(C)(C)C)CC1.CC(C)(C)C1CCC(=O)CC1. The van der Waals surface area contributed by atoms with Crippen molar-refractivity contribution in [3.05, 3.63) is 25.3 Å². The molecule has 0 aromatic carbocycles. The second-order valence-electron chi connectivity index (χ2n) is 11.7. The van der Waals surface area contributed by atoms with Crippen LogP contribution in [0.5, 0.6) is 0 Å². The lowest BCUT2D eigenvalue weighted by atomic mass is 9.67. The predicted molar refractivity (Wildman–Crippen MR) is 135 cm³/mol. The Morgan fingerprint density at radius 1 is 0.935 bits per heavy atom. The third kappa shape index (κ3) is 13.3. The molecule has 2 saturated carbocycles. The maximum Gasteiger partial charge on any atom is 0.455 e. The van der Waals surface area contributed by atoms with Gasteiger partial charge in [-0.3, -0.25) is 4.79 Å². The summed E-state index contributed by atoms with van der Waals surface area (Å²) in [6.45, 7) is 20.9. The summed E-state index contributed by atoms with van der Waals surface area (Å²) >= 11 is 0. The average Bonchev–Trinajstić information content (AvgIpc) is 2.62. The first kappa shape index (κ1) is 30.1. The van der Waals surface area contributed by atoms with Crippen LogP contribution >= 0.6 is 0 Å². The summed E-state index contributed by atoms with van der Waals surface area (Å²) in [5.41, 5.74) is 7.22. The molecule has 2 rings (SSSR count). The van der Waals surface area contributed by atoms with E-state index in [1.54, 1.807) is 0 Å². The molecule has 4 N–H and O–H groups in total. The van der Waals surface area contributed by atoms with Gasteiger partial charge in [-0.15, -0.1) is 13.2 Å². The zero-order valence-electron chi connectivity index (χ0n) is 21.3. The predicted octanol–water partition coefficient (Wildman–Crippen LogP) is 5.93. The quantitative estimate of drug-likeness (QED) is 0.377. The largest absolute Gasteiger partial charge is 0.455 e. The summed E-state index contributed by atoms with van der Waals surface area (Å²) in [7, 11) is -1.22. The van der Waals surface area contributed by atoms with Crippen LogP contribution in [-0.4, -0.2) is 28.5 Å². The van der Waals surface area contributed by atoms with E-state index in [0.717, 1.165) is 43.9 Å². The molecule has 2 fully saturated rings. The summed E-state index contributed by atoms with van der Waals surface area (Å²) < 4.78 is 0. The number of nitrogens with two attached hydrogens (primary N) is 1. The summed E-state index contributed by atoms with van der Waals surface area (Å²) in [6.07, 6.45) is 13.4. The van der Waals surface area contributed by atoms with E-state index in [2.05, 4.69) is 54.7 Å². The molecule has 0 saturated heterocycles. The maximum atomic E-state index is 10.9. The Labute approximate surface area is 192 Å². The van der Waals surface area contributed by atoms with E-state index in [9.17, 15) is 4.79 Å². The van der Waals surface area contributed by atoms with Crippen LogP contribution in [0.3, 0.4) is 0 Å². The van der Waals surface area contributed by atoms with E-state index in [-0.39, 0.29) is 11.9 Å². The van der Waals surface area contributed by atoms with Crippen molar-refractivity contribution in [2.75, 3.05) is 0 Å². The van der Waals surface area contributed by atoms with Crippen molar-refractivity contribution in [2.24, 2.45) is 28.4 Å². The first-order valence-electron chi connectivity index (χ1n) is 12.0. The molecule has 0 heterocycles. The van der Waals surface area contributed by atoms with Crippen molar-refractivity contribution >= 4 is 12.9 Å². The normalized spacial score (nSPS) is 24.8. The van der Waals surface area contributed by atoms with E-state index in [0.29, 0.717) is 16.6 Å². The fourth-order valence-corrected chi connectivity index (χ4v) is 4.51. The van der Waals surface area contributed by atoms with Crippen molar-refractivity contribution in [2.45, 2.75) is 111 Å². The van der Waals surface area contributed by atoms with Crippen LogP contribution in [0, 0.1) is 22.7 Å². The Morgan fingerprint density at radius 3 is 1.65 bits per heavy atom. The molecule has 5 heteroatoms. The number of hydrogen-bond donors (Lipinski definition) is 3. The molecule has 31 heavy (non-hydrogen) atoms. The molecule has 0 spiro atoms. The minimum absolute atomic E-state index is 0.0590. The van der Waals surface area contributed by atoms with Gasteiger partial charge in [0.25, 0.3) is 0 Å². The number of allylic oxidation sites excluding steroid dienone is 1. The molecule has 0 atom stereocenters. The van der Waals surface area contributed by atoms with Gasteiger partial charge in [0.1, 0.15) is 5.78 Å². The number of Topliss-reactive ketones (excluding diaryl/α,β-unsaturated/α-hetero) is 1. The van der Waals surface area contributed by atoms with Gasteiger partial charge in [-0.2, -0.15) is 0 Å². The van der Waals surface area contributed by atoms with Gasteiger partial charge in [0.15, 0.2) is 0 Å². The highest BCUT2D eigenvalue weighted by Gasteiger charge is 2.35. The number of rotatable bonds is 4. The summed E-state index contributed by atoms with van der Waals surface area (Å²) in [4.78, 5) is 10.9. The van der Waals surface area contributed by atoms with Gasteiger partial charge in [-0.05, 0) is 73.9 Å². The Hall–Kier alpha value is -0.905. The van der Waals surface area contributed by atoms with Crippen molar-refractivity contribution in [1.29, 1.82) is 0 Å². The van der Waals surface area contributed by atoms with Gasteiger partial charge >= 0.3 is 7.12 Å². The zero-order valence-corrected chi connectivity index (χ0v) is 21.3. The topological polar surface area (TPSA) is 83.6 Å². The molecule has 4 nitrogen and oxygen atoms in total. The molecular weight excluding hydrogens is 385 g/mol. The van der Waals surface area contributed by atoms with E-state index >= 15 is 0 Å². The number of carbonyl (C=O) groups is 1. The lowest BCUT2D eigenvalue weighted by Gasteiger charge is -2.41. The van der Waals surface area contributed by atoms with E-state index in [4.69, 9.17) is 15.8 Å². The van der Waals surface area contributed by atoms with Crippen LogP contribution in [-0.2, 0) is 4.79 Å². The highest BCUT2D eigenvalue weighted by molar-refractivity contribution is 6.41. The molecule has 0 amide bonds. The molecule has 0 radical (unpaired) electrons. The van der Waals surface area contributed by atoms with E-state index < -0.39 is 7.12 Å². The van der Waals surface area contributed by atoms with Crippen molar-refractivity contribution in [3.8, 4) is 0 Å². The standard InChI is InChI=1S/C13H25N.C10H18O.C3H7BO2/c1-5-8-13(14)9-6-11(7-10-13)12(2,3)4;1-10(2,3)8-4-6-9(11)7-5-8;1-2-3-4(5)6/h5,11H,1,6-10,14H2,2-4H3;8H,4-7H2,1-3H3;2,5-6H,1,3H2. The maximum absolute atomic E-state index is 10.9. The van der Waals surface area contributed by atoms with Gasteiger partial charge in [0.2, 0.25) is 0 Å². The monoisotopic (exact) mass is 435 g/mol. The Balaban J connectivity index is 0.000000472. The van der Waals surface area contributed by atoms with Crippen LogP contribution in [0.1, 0.15) is 99.3 Å². The highest BCUT2D eigenvalue weighted by Crippen LogP contribution is 2.41. The van der Waals surface area contributed by atoms with Crippen molar-refractivity contribution < 1.29 is 14.8 Å². The molecular formula is C26H50BNO3. The Morgan fingerprint density at radius 2 is 1.35 bits per heavy atom. The molecule has 0 aromatic rings. The second kappa shape index (κ2) is 13.6. The molecule has 0 unspecified atom stereocenters. The van der Waals surface area contributed by atoms with Crippen LogP contribution in [0.25, 0.3) is 0 Å². The highest BCUT2D eigenvalue weighted by atomic mass is 16.4. The lowest BCUT2D eigenvalue weighted by molar-refractivity contribution is -0.121. The van der Waals surface area contributed by atoms with E-state index in [1.807, 2.05) is 6.08 Å². The van der Waals surface area contributed by atoms with E-state index in [1.165, 1.54) is 31.8 Å². The third-order valence-electron chi connectivity index (χ3n) is 6.90. The minimum atomic E-state index is -1.22. The number of ketones is 1. The van der Waals surface area contributed by atoms with Gasteiger partial charge in [0, 0.05) is 18.4 Å². The van der Waals surface area contributed by atoms with Crippen LogP contribution in [0.4, 0.5) is 0 Å². The van der Waals surface area contributed by atoms with Crippen LogP contribution in [0.2, 0.25) is 6.32 Å². The Kier molecular flexibility index (Phi) is 13.2. The summed E-state index contributed by atoms with van der Waals surface area (Å²) in [6, 6.07) is 0. The lowest BCUT2D eigenvalue weighted by Crippen LogP contribution is -2.44. The minimum Gasteiger partial charge on any atom is -0.427 e.